The van der Waals surface area contributed by atoms with Crippen molar-refractivity contribution in [2.75, 3.05) is 36.9 Å². The summed E-state index contributed by atoms with van der Waals surface area (Å²) in [6.45, 7) is 0.893. The van der Waals surface area contributed by atoms with Gasteiger partial charge in [-0.3, -0.25) is 0 Å². The van der Waals surface area contributed by atoms with Crippen molar-refractivity contribution < 1.29 is 15.3 Å². The second-order valence-electron chi connectivity index (χ2n) is 5.07. The smallest absolute Gasteiger partial charge is 0.0681 e. The molecule has 118 valence electrons. The summed E-state index contributed by atoms with van der Waals surface area (Å²) in [7, 11) is 0. The molecule has 2 aromatic carbocycles. The third-order valence-corrected chi connectivity index (χ3v) is 3.55. The summed E-state index contributed by atoms with van der Waals surface area (Å²) in [6.07, 6.45) is 0. The first-order valence-electron chi connectivity index (χ1n) is 7.26. The molecule has 0 saturated carbocycles. The topological polar surface area (TPSA) is 90.0 Å². The van der Waals surface area contributed by atoms with E-state index in [0.717, 1.165) is 22.4 Å². The molecule has 0 unspecified atom stereocenters. The molecular weight excluding hydrogens is 280 g/mol. The van der Waals surface area contributed by atoms with Gasteiger partial charge in [-0.2, -0.15) is 0 Å². The van der Waals surface area contributed by atoms with E-state index in [0.29, 0.717) is 18.8 Å². The first-order valence-corrected chi connectivity index (χ1v) is 7.26. The van der Waals surface area contributed by atoms with E-state index < -0.39 is 0 Å². The maximum absolute atomic E-state index is 9.23. The lowest BCUT2D eigenvalue weighted by molar-refractivity contribution is 0.281. The zero-order valence-electron chi connectivity index (χ0n) is 12.4. The summed E-state index contributed by atoms with van der Waals surface area (Å²) >= 11 is 0. The Morgan fingerprint density at radius 1 is 0.864 bits per heavy atom. The number of rotatable bonds is 7. The van der Waals surface area contributed by atoms with Crippen molar-refractivity contribution in [2.24, 2.45) is 0 Å². The lowest BCUT2D eigenvalue weighted by atomic mass is 10.0. The highest BCUT2D eigenvalue weighted by Crippen LogP contribution is 2.33. The fourth-order valence-electron chi connectivity index (χ4n) is 2.44. The van der Waals surface area contributed by atoms with Crippen molar-refractivity contribution in [2.45, 2.75) is 6.61 Å². The standard InChI is InChI=1S/C17H22N2O3/c18-15-5-6-17(19(7-9-20)8-10-21)16(11-15)14-3-1-13(12-22)2-4-14/h1-6,11,20-22H,7-10,12,18H2. The second kappa shape index (κ2) is 7.79. The van der Waals surface area contributed by atoms with Crippen LogP contribution in [0.4, 0.5) is 11.4 Å². The molecule has 0 heterocycles. The normalized spacial score (nSPS) is 10.7. The van der Waals surface area contributed by atoms with Gasteiger partial charge < -0.3 is 26.0 Å². The van der Waals surface area contributed by atoms with Crippen LogP contribution in [0, 0.1) is 0 Å². The highest BCUT2D eigenvalue weighted by Gasteiger charge is 2.12. The molecule has 2 aromatic rings. The monoisotopic (exact) mass is 302 g/mol. The minimum atomic E-state index is 0.00517. The summed E-state index contributed by atoms with van der Waals surface area (Å²) in [6, 6.07) is 13.2. The van der Waals surface area contributed by atoms with Gasteiger partial charge in [0.1, 0.15) is 0 Å². The van der Waals surface area contributed by atoms with Crippen LogP contribution in [-0.4, -0.2) is 41.6 Å². The molecule has 0 aliphatic carbocycles. The van der Waals surface area contributed by atoms with Gasteiger partial charge in [0.25, 0.3) is 0 Å². The van der Waals surface area contributed by atoms with Gasteiger partial charge >= 0.3 is 0 Å². The number of nitrogens with zero attached hydrogens (tertiary/aromatic N) is 1. The molecule has 5 N–H and O–H groups in total. The van der Waals surface area contributed by atoms with Gasteiger partial charge in [-0.05, 0) is 29.3 Å². The Morgan fingerprint density at radius 2 is 1.50 bits per heavy atom. The van der Waals surface area contributed by atoms with Crippen LogP contribution in [0.5, 0.6) is 0 Å². The molecule has 0 aromatic heterocycles. The number of benzene rings is 2. The number of aliphatic hydroxyl groups is 3. The molecule has 0 aliphatic heterocycles. The van der Waals surface area contributed by atoms with Crippen molar-refractivity contribution in [3.8, 4) is 11.1 Å². The van der Waals surface area contributed by atoms with E-state index in [1.54, 1.807) is 0 Å². The lowest BCUT2D eigenvalue weighted by Crippen LogP contribution is -2.30. The first-order chi connectivity index (χ1) is 10.7. The minimum absolute atomic E-state index is 0.00517. The molecular formula is C17H22N2O3. The van der Waals surface area contributed by atoms with Gasteiger partial charge in [-0.25, -0.2) is 0 Å². The Balaban J connectivity index is 2.45. The van der Waals surface area contributed by atoms with Gasteiger partial charge in [0.05, 0.1) is 19.8 Å². The molecule has 22 heavy (non-hydrogen) atoms. The average Bonchev–Trinajstić information content (AvgIpc) is 2.55. The van der Waals surface area contributed by atoms with E-state index in [1.165, 1.54) is 0 Å². The van der Waals surface area contributed by atoms with Gasteiger partial charge in [0.2, 0.25) is 0 Å². The van der Waals surface area contributed by atoms with Crippen LogP contribution in [0.1, 0.15) is 5.56 Å². The van der Waals surface area contributed by atoms with Crippen LogP contribution in [-0.2, 0) is 6.61 Å². The predicted octanol–water partition coefficient (Wildman–Crippen LogP) is 1.22. The Hall–Kier alpha value is -2.08. The van der Waals surface area contributed by atoms with Gasteiger partial charge in [0.15, 0.2) is 0 Å². The molecule has 0 amide bonds. The van der Waals surface area contributed by atoms with E-state index in [1.807, 2.05) is 47.4 Å². The van der Waals surface area contributed by atoms with Crippen LogP contribution < -0.4 is 10.6 Å². The molecule has 0 bridgehead atoms. The van der Waals surface area contributed by atoms with E-state index >= 15 is 0 Å². The van der Waals surface area contributed by atoms with Crippen LogP contribution in [0.3, 0.4) is 0 Å². The predicted molar refractivity (Wildman–Crippen MR) is 88.6 cm³/mol. The summed E-state index contributed by atoms with van der Waals surface area (Å²) in [5.41, 5.74) is 10.2. The SMILES string of the molecule is Nc1ccc(N(CCO)CCO)c(-c2ccc(CO)cc2)c1. The van der Waals surface area contributed by atoms with Crippen LogP contribution in [0.2, 0.25) is 0 Å². The molecule has 0 fully saturated rings. The van der Waals surface area contributed by atoms with Gasteiger partial charge in [0, 0.05) is 30.0 Å². The molecule has 0 saturated heterocycles. The van der Waals surface area contributed by atoms with Crippen molar-refractivity contribution in [3.63, 3.8) is 0 Å². The fourth-order valence-corrected chi connectivity index (χ4v) is 2.44. The van der Waals surface area contributed by atoms with Crippen molar-refractivity contribution in [1.29, 1.82) is 0 Å². The van der Waals surface area contributed by atoms with Crippen molar-refractivity contribution >= 4 is 11.4 Å². The second-order valence-corrected chi connectivity index (χ2v) is 5.07. The summed E-state index contributed by atoms with van der Waals surface area (Å²) < 4.78 is 0. The quantitative estimate of drug-likeness (QED) is 0.577. The van der Waals surface area contributed by atoms with Crippen molar-refractivity contribution in [1.82, 2.24) is 0 Å². The Kier molecular flexibility index (Phi) is 5.77. The number of hydrogen-bond acceptors (Lipinski definition) is 5. The number of anilines is 2. The van der Waals surface area contributed by atoms with Crippen LogP contribution >= 0.6 is 0 Å². The van der Waals surface area contributed by atoms with Crippen LogP contribution in [0.25, 0.3) is 11.1 Å². The zero-order valence-corrected chi connectivity index (χ0v) is 12.4. The van der Waals surface area contributed by atoms with Crippen molar-refractivity contribution in [3.05, 3.63) is 48.0 Å². The number of nitrogen functional groups attached to an aromatic ring is 1. The molecule has 5 heteroatoms. The lowest BCUT2D eigenvalue weighted by Gasteiger charge is -2.26. The van der Waals surface area contributed by atoms with E-state index in [-0.39, 0.29) is 19.8 Å². The highest BCUT2D eigenvalue weighted by atomic mass is 16.3. The molecule has 0 radical (unpaired) electrons. The number of aliphatic hydroxyl groups excluding tert-OH is 3. The van der Waals surface area contributed by atoms with Gasteiger partial charge in [-0.15, -0.1) is 0 Å². The maximum atomic E-state index is 9.23. The Morgan fingerprint density at radius 3 is 2.05 bits per heavy atom. The largest absolute Gasteiger partial charge is 0.399 e. The average molecular weight is 302 g/mol. The number of nitrogens with two attached hydrogens (primary N) is 1. The molecule has 0 spiro atoms. The van der Waals surface area contributed by atoms with E-state index in [2.05, 4.69) is 0 Å². The van der Waals surface area contributed by atoms with Gasteiger partial charge in [-0.1, -0.05) is 24.3 Å². The summed E-state index contributed by atoms with van der Waals surface area (Å²) in [5.74, 6) is 0. The fraction of sp³-hybridized carbons (Fsp3) is 0.294. The third-order valence-electron chi connectivity index (χ3n) is 3.55. The Labute approximate surface area is 130 Å². The van der Waals surface area contributed by atoms with Crippen LogP contribution in [0.15, 0.2) is 42.5 Å². The van der Waals surface area contributed by atoms with E-state index in [9.17, 15) is 10.2 Å². The maximum Gasteiger partial charge on any atom is 0.0681 e. The molecule has 5 nitrogen and oxygen atoms in total. The summed E-state index contributed by atoms with van der Waals surface area (Å²) in [4.78, 5) is 1.93. The molecule has 2 rings (SSSR count). The minimum Gasteiger partial charge on any atom is -0.399 e. The zero-order chi connectivity index (χ0) is 15.9. The first kappa shape index (κ1) is 16.3. The highest BCUT2D eigenvalue weighted by molar-refractivity contribution is 5.81. The number of hydrogen-bond donors (Lipinski definition) is 4. The summed E-state index contributed by atoms with van der Waals surface area (Å²) in [5, 5.41) is 27.6. The molecule has 0 aliphatic rings. The third kappa shape index (κ3) is 3.76. The molecule has 0 atom stereocenters. The Bertz CT molecular complexity index is 593. The van der Waals surface area contributed by atoms with E-state index in [4.69, 9.17) is 10.8 Å².